The Hall–Kier alpha value is -2.10. The maximum absolute atomic E-state index is 10.2. The molecule has 1 aromatic rings. The summed E-state index contributed by atoms with van der Waals surface area (Å²) in [5, 5.41) is 39.4. The fourth-order valence-corrected chi connectivity index (χ4v) is 2.73. The van der Waals surface area contributed by atoms with Gasteiger partial charge in [-0.3, -0.25) is 0 Å². The summed E-state index contributed by atoms with van der Waals surface area (Å²) < 4.78 is 0. The van der Waals surface area contributed by atoms with Gasteiger partial charge in [0.1, 0.15) is 0 Å². The fraction of sp³-hybridized carbons (Fsp3) is 0.524. The Labute approximate surface area is 151 Å². The summed E-state index contributed by atoms with van der Waals surface area (Å²) in [6.45, 7) is 14.4. The van der Waals surface area contributed by atoms with E-state index < -0.39 is 28.4 Å². The van der Waals surface area contributed by atoms with Crippen molar-refractivity contribution in [3.63, 3.8) is 0 Å². The summed E-state index contributed by atoms with van der Waals surface area (Å²) in [4.78, 5) is 0. The Morgan fingerprint density at radius 3 is 1.96 bits per heavy atom. The molecule has 0 radical (unpaired) electrons. The first-order valence-corrected chi connectivity index (χ1v) is 8.68. The fourth-order valence-electron chi connectivity index (χ4n) is 2.73. The van der Waals surface area contributed by atoms with Crippen molar-refractivity contribution in [2.75, 3.05) is 0 Å². The zero-order chi connectivity index (χ0) is 19.6. The highest BCUT2D eigenvalue weighted by molar-refractivity contribution is 5.62. The van der Waals surface area contributed by atoms with Gasteiger partial charge in [0, 0.05) is 11.0 Å². The number of hydrogen-bond donors (Lipinski definition) is 4. The van der Waals surface area contributed by atoms with Crippen LogP contribution in [0.4, 0.5) is 0 Å². The molecule has 0 aliphatic heterocycles. The molecule has 0 heterocycles. The lowest BCUT2D eigenvalue weighted by molar-refractivity contribution is 0.339. The van der Waals surface area contributed by atoms with E-state index in [2.05, 4.69) is 39.8 Å². The summed E-state index contributed by atoms with van der Waals surface area (Å²) in [6.07, 6.45) is 6.20. The van der Waals surface area contributed by atoms with Crippen molar-refractivity contribution in [2.45, 2.75) is 66.7 Å². The first kappa shape index (κ1) is 20.9. The number of benzene rings is 1. The molecule has 0 atom stereocenters. The average Bonchev–Trinajstić information content (AvgIpc) is 2.53. The van der Waals surface area contributed by atoms with Gasteiger partial charge in [-0.25, -0.2) is 0 Å². The highest BCUT2D eigenvalue weighted by Gasteiger charge is 2.30. The second-order valence-corrected chi connectivity index (χ2v) is 7.88. The van der Waals surface area contributed by atoms with E-state index in [0.717, 1.165) is 18.4 Å². The molecule has 0 bridgehead atoms. The summed E-state index contributed by atoms with van der Waals surface area (Å²) >= 11 is 0. The zero-order valence-corrected chi connectivity index (χ0v) is 16.4. The van der Waals surface area contributed by atoms with Crippen LogP contribution in [0.5, 0.6) is 23.0 Å². The van der Waals surface area contributed by atoms with Crippen LogP contribution in [0.2, 0.25) is 0 Å². The van der Waals surface area contributed by atoms with Crippen LogP contribution in [0.25, 0.3) is 0 Å². The predicted molar refractivity (Wildman–Crippen MR) is 102 cm³/mol. The van der Waals surface area contributed by atoms with Crippen LogP contribution in [0.15, 0.2) is 29.4 Å². The standard InChI is InChI=1S/C21H32O4/c1-8-9-13(2)20(4,5)11-10-14(3)21(6,7)15-12-16(22)18(24)19(25)17(15)23/h9-10,12,22-25H,8,11H2,1-7H3/b13-9+,14-10+. The summed E-state index contributed by atoms with van der Waals surface area (Å²) in [6, 6.07) is 1.30. The van der Waals surface area contributed by atoms with Gasteiger partial charge in [-0.2, -0.15) is 0 Å². The highest BCUT2D eigenvalue weighted by Crippen LogP contribution is 2.49. The molecule has 0 saturated heterocycles. The van der Waals surface area contributed by atoms with E-state index in [1.165, 1.54) is 11.6 Å². The van der Waals surface area contributed by atoms with Crippen LogP contribution in [0, 0.1) is 5.41 Å². The molecule has 0 saturated carbocycles. The van der Waals surface area contributed by atoms with Crippen molar-refractivity contribution in [1.82, 2.24) is 0 Å². The molecule has 0 unspecified atom stereocenters. The van der Waals surface area contributed by atoms with E-state index in [0.29, 0.717) is 5.56 Å². The number of phenols is 4. The summed E-state index contributed by atoms with van der Waals surface area (Å²) in [7, 11) is 0. The van der Waals surface area contributed by atoms with E-state index in [1.807, 2.05) is 20.8 Å². The second kappa shape index (κ2) is 7.42. The molecule has 1 aromatic carbocycles. The average molecular weight is 348 g/mol. The van der Waals surface area contributed by atoms with Crippen molar-refractivity contribution in [3.05, 3.63) is 34.9 Å². The number of rotatable bonds is 6. The summed E-state index contributed by atoms with van der Waals surface area (Å²) in [5.74, 6) is -2.26. The molecule has 140 valence electrons. The van der Waals surface area contributed by atoms with Crippen LogP contribution in [0.1, 0.15) is 66.9 Å². The smallest absolute Gasteiger partial charge is 0.204 e. The van der Waals surface area contributed by atoms with Gasteiger partial charge in [-0.05, 0) is 38.2 Å². The third-order valence-corrected chi connectivity index (χ3v) is 5.38. The molecule has 4 nitrogen and oxygen atoms in total. The second-order valence-electron chi connectivity index (χ2n) is 7.88. The first-order chi connectivity index (χ1) is 11.4. The molecular weight excluding hydrogens is 316 g/mol. The third kappa shape index (κ3) is 4.30. The van der Waals surface area contributed by atoms with Crippen molar-refractivity contribution >= 4 is 0 Å². The third-order valence-electron chi connectivity index (χ3n) is 5.38. The van der Waals surface area contributed by atoms with Crippen molar-refractivity contribution in [3.8, 4) is 23.0 Å². The summed E-state index contributed by atoms with van der Waals surface area (Å²) in [5.41, 5.74) is 2.11. The molecule has 0 amide bonds. The van der Waals surface area contributed by atoms with Gasteiger partial charge in [0.05, 0.1) is 0 Å². The number of aromatic hydroxyl groups is 4. The number of allylic oxidation sites excluding steroid dienone is 4. The molecule has 0 aliphatic carbocycles. The molecule has 25 heavy (non-hydrogen) atoms. The quantitative estimate of drug-likeness (QED) is 0.311. The lowest BCUT2D eigenvalue weighted by Gasteiger charge is -2.30. The molecule has 4 N–H and O–H groups in total. The van der Waals surface area contributed by atoms with Gasteiger partial charge in [0.25, 0.3) is 0 Å². The van der Waals surface area contributed by atoms with Crippen molar-refractivity contribution in [2.24, 2.45) is 5.41 Å². The van der Waals surface area contributed by atoms with Gasteiger partial charge >= 0.3 is 0 Å². The van der Waals surface area contributed by atoms with E-state index in [1.54, 1.807) is 0 Å². The monoisotopic (exact) mass is 348 g/mol. The van der Waals surface area contributed by atoms with Crippen LogP contribution < -0.4 is 0 Å². The molecular formula is C21H32O4. The Bertz CT molecular complexity index is 694. The Morgan fingerprint density at radius 1 is 0.880 bits per heavy atom. The molecule has 0 aromatic heterocycles. The normalized spacial score (nSPS) is 14.0. The lowest BCUT2D eigenvalue weighted by atomic mass is 9.75. The van der Waals surface area contributed by atoms with E-state index in [9.17, 15) is 20.4 Å². The zero-order valence-electron chi connectivity index (χ0n) is 16.4. The van der Waals surface area contributed by atoms with Gasteiger partial charge in [-0.15, -0.1) is 0 Å². The van der Waals surface area contributed by atoms with Crippen LogP contribution >= 0.6 is 0 Å². The highest BCUT2D eigenvalue weighted by atomic mass is 16.3. The minimum Gasteiger partial charge on any atom is -0.504 e. The van der Waals surface area contributed by atoms with Crippen LogP contribution in [0.3, 0.4) is 0 Å². The topological polar surface area (TPSA) is 80.9 Å². The largest absolute Gasteiger partial charge is 0.504 e. The lowest BCUT2D eigenvalue weighted by Crippen LogP contribution is -2.20. The Balaban J connectivity index is 3.24. The maximum Gasteiger partial charge on any atom is 0.204 e. The van der Waals surface area contributed by atoms with Gasteiger partial charge in [0.2, 0.25) is 11.5 Å². The first-order valence-electron chi connectivity index (χ1n) is 8.68. The molecule has 1 rings (SSSR count). The van der Waals surface area contributed by atoms with Gasteiger partial charge in [0.15, 0.2) is 11.5 Å². The number of hydrogen-bond acceptors (Lipinski definition) is 4. The van der Waals surface area contributed by atoms with Crippen molar-refractivity contribution in [1.29, 1.82) is 0 Å². The minimum atomic E-state index is -0.708. The minimum absolute atomic E-state index is 0.0224. The van der Waals surface area contributed by atoms with E-state index >= 15 is 0 Å². The Kier molecular flexibility index (Phi) is 6.22. The van der Waals surface area contributed by atoms with Gasteiger partial charge in [-0.1, -0.05) is 57.9 Å². The van der Waals surface area contributed by atoms with Crippen molar-refractivity contribution < 1.29 is 20.4 Å². The molecule has 0 spiro atoms. The number of phenolic OH excluding ortho intramolecular Hbond substituents is 4. The van der Waals surface area contributed by atoms with Crippen LogP contribution in [-0.4, -0.2) is 20.4 Å². The predicted octanol–water partition coefficient (Wildman–Crippen LogP) is 5.51. The Morgan fingerprint density at radius 2 is 1.44 bits per heavy atom. The van der Waals surface area contributed by atoms with Gasteiger partial charge < -0.3 is 20.4 Å². The van der Waals surface area contributed by atoms with E-state index in [4.69, 9.17) is 0 Å². The van der Waals surface area contributed by atoms with Crippen LogP contribution in [-0.2, 0) is 5.41 Å². The molecule has 0 aliphatic rings. The van der Waals surface area contributed by atoms with E-state index in [-0.39, 0.29) is 5.41 Å². The maximum atomic E-state index is 10.2. The molecule has 4 heteroatoms. The SMILES string of the molecule is CC/C=C(\C)C(C)(C)C/C=C(\C)C(C)(C)c1cc(O)c(O)c(O)c1O. The molecule has 0 fully saturated rings.